The summed E-state index contributed by atoms with van der Waals surface area (Å²) in [5, 5.41) is 3.87. The van der Waals surface area contributed by atoms with E-state index in [1.165, 1.54) is 20.0 Å². The van der Waals surface area contributed by atoms with Crippen LogP contribution in [0.5, 0.6) is 5.75 Å². The van der Waals surface area contributed by atoms with E-state index in [4.69, 9.17) is 27.9 Å². The fourth-order valence-electron chi connectivity index (χ4n) is 3.94. The smallest absolute Gasteiger partial charge is 0.257 e. The molecule has 1 saturated heterocycles. The lowest BCUT2D eigenvalue weighted by molar-refractivity contribution is 0.0776. The van der Waals surface area contributed by atoms with Gasteiger partial charge in [0.25, 0.3) is 5.91 Å². The second kappa shape index (κ2) is 8.73. The largest absolute Gasteiger partial charge is 0.494 e. The molecule has 0 aromatic heterocycles. The van der Waals surface area contributed by atoms with Gasteiger partial charge in [0.1, 0.15) is 5.56 Å². The molecule has 3 rings (SSSR count). The van der Waals surface area contributed by atoms with E-state index in [9.17, 15) is 4.79 Å². The molecule has 0 bridgehead atoms. The summed E-state index contributed by atoms with van der Waals surface area (Å²) < 4.78 is 5.36. The third-order valence-electron chi connectivity index (χ3n) is 5.53. The van der Waals surface area contributed by atoms with Gasteiger partial charge in [-0.25, -0.2) is 0 Å². The third-order valence-corrected chi connectivity index (χ3v) is 6.14. The van der Waals surface area contributed by atoms with Crippen LogP contribution in [-0.4, -0.2) is 36.5 Å². The Hall–Kier alpha value is -1.75. The number of carbonyl (C=O) groups excluding carboxylic acids is 1. The van der Waals surface area contributed by atoms with Gasteiger partial charge in [-0.05, 0) is 57.5 Å². The highest BCUT2D eigenvalue weighted by Gasteiger charge is 2.39. The molecule has 1 heterocycles. The first-order valence-corrected chi connectivity index (χ1v) is 10.2. The molecule has 1 amide bonds. The van der Waals surface area contributed by atoms with Crippen LogP contribution in [0.2, 0.25) is 10.0 Å². The van der Waals surface area contributed by atoms with Gasteiger partial charge in [0.05, 0.1) is 23.2 Å². The molecule has 28 heavy (non-hydrogen) atoms. The number of nitrogens with one attached hydrogen (secondary N) is 1. The standard InChI is InChI=1S/C22H26Cl2N2O2/c1-22(2,26-13-7-8-14-26)20(15-9-5-4-6-10-15)25-21(27)18-16(23)11-12-17(24)19(18)28-3/h4-6,9-12,20H,7-8,13-14H2,1-3H3,(H,25,27). The molecule has 0 spiro atoms. The predicted octanol–water partition coefficient (Wildman–Crippen LogP) is 5.35. The molecule has 2 aromatic carbocycles. The number of nitrogens with zero attached hydrogens (tertiary/aromatic N) is 1. The Kier molecular flexibility index (Phi) is 6.54. The summed E-state index contributed by atoms with van der Waals surface area (Å²) in [5.41, 5.74) is 1.03. The van der Waals surface area contributed by atoms with Crippen molar-refractivity contribution >= 4 is 29.1 Å². The summed E-state index contributed by atoms with van der Waals surface area (Å²) >= 11 is 12.6. The lowest BCUT2D eigenvalue weighted by Crippen LogP contribution is -2.52. The van der Waals surface area contributed by atoms with Crippen molar-refractivity contribution in [3.8, 4) is 5.75 Å². The molecule has 1 unspecified atom stereocenters. The lowest BCUT2D eigenvalue weighted by Gasteiger charge is -2.42. The first-order chi connectivity index (χ1) is 13.4. The van der Waals surface area contributed by atoms with Crippen molar-refractivity contribution in [3.63, 3.8) is 0 Å². The Bertz CT molecular complexity index is 834. The first-order valence-electron chi connectivity index (χ1n) is 9.49. The second-order valence-corrected chi connectivity index (χ2v) is 8.42. The molecule has 150 valence electrons. The van der Waals surface area contributed by atoms with Crippen molar-refractivity contribution in [1.29, 1.82) is 0 Å². The zero-order valence-corrected chi connectivity index (χ0v) is 18.0. The quantitative estimate of drug-likeness (QED) is 0.684. The van der Waals surface area contributed by atoms with Gasteiger partial charge < -0.3 is 10.1 Å². The molecular formula is C22H26Cl2N2O2. The molecule has 1 fully saturated rings. The summed E-state index contributed by atoms with van der Waals surface area (Å²) in [7, 11) is 1.48. The minimum Gasteiger partial charge on any atom is -0.494 e. The van der Waals surface area contributed by atoms with Crippen molar-refractivity contribution in [2.45, 2.75) is 38.3 Å². The van der Waals surface area contributed by atoms with Crippen molar-refractivity contribution < 1.29 is 9.53 Å². The van der Waals surface area contributed by atoms with Gasteiger partial charge in [0.2, 0.25) is 0 Å². The Balaban J connectivity index is 1.99. The number of rotatable bonds is 6. The van der Waals surface area contributed by atoms with Gasteiger partial charge in [-0.2, -0.15) is 0 Å². The van der Waals surface area contributed by atoms with Crippen LogP contribution in [0.15, 0.2) is 42.5 Å². The van der Waals surface area contributed by atoms with Crippen molar-refractivity contribution in [2.75, 3.05) is 20.2 Å². The highest BCUT2D eigenvalue weighted by atomic mass is 35.5. The topological polar surface area (TPSA) is 41.6 Å². The number of amides is 1. The van der Waals surface area contributed by atoms with E-state index >= 15 is 0 Å². The van der Waals surface area contributed by atoms with E-state index in [1.807, 2.05) is 30.3 Å². The Labute approximate surface area is 176 Å². The van der Waals surface area contributed by atoms with Crippen LogP contribution in [0, 0.1) is 0 Å². The first kappa shape index (κ1) is 21.0. The minimum absolute atomic E-state index is 0.223. The van der Waals surface area contributed by atoms with Gasteiger partial charge in [0, 0.05) is 5.54 Å². The van der Waals surface area contributed by atoms with E-state index in [0.717, 1.165) is 18.7 Å². The van der Waals surface area contributed by atoms with E-state index < -0.39 is 0 Å². The summed E-state index contributed by atoms with van der Waals surface area (Å²) in [5.74, 6) is -0.0112. The number of hydrogen-bond acceptors (Lipinski definition) is 3. The number of hydrogen-bond donors (Lipinski definition) is 1. The van der Waals surface area contributed by atoms with Crippen LogP contribution in [0.25, 0.3) is 0 Å². The van der Waals surface area contributed by atoms with E-state index in [1.54, 1.807) is 12.1 Å². The van der Waals surface area contributed by atoms with E-state index in [0.29, 0.717) is 10.0 Å². The highest BCUT2D eigenvalue weighted by molar-refractivity contribution is 6.37. The predicted molar refractivity (Wildman–Crippen MR) is 115 cm³/mol. The minimum atomic E-state index is -0.300. The molecule has 1 aliphatic heterocycles. The molecular weight excluding hydrogens is 395 g/mol. The van der Waals surface area contributed by atoms with Gasteiger partial charge >= 0.3 is 0 Å². The average Bonchev–Trinajstić information content (AvgIpc) is 3.23. The van der Waals surface area contributed by atoms with Gasteiger partial charge in [-0.3, -0.25) is 9.69 Å². The zero-order chi connectivity index (χ0) is 20.3. The van der Waals surface area contributed by atoms with Crippen LogP contribution in [0.1, 0.15) is 48.7 Å². The van der Waals surface area contributed by atoms with Gasteiger partial charge in [-0.1, -0.05) is 53.5 Å². The van der Waals surface area contributed by atoms with Crippen LogP contribution in [0.3, 0.4) is 0 Å². The Morgan fingerprint density at radius 2 is 1.68 bits per heavy atom. The molecule has 6 heteroatoms. The summed E-state index contributed by atoms with van der Waals surface area (Å²) in [4.78, 5) is 15.7. The monoisotopic (exact) mass is 420 g/mol. The maximum atomic E-state index is 13.3. The molecule has 1 N–H and O–H groups in total. The molecule has 0 aliphatic carbocycles. The maximum Gasteiger partial charge on any atom is 0.257 e. The summed E-state index contributed by atoms with van der Waals surface area (Å²) in [6, 6.07) is 13.1. The van der Waals surface area contributed by atoms with Crippen LogP contribution in [-0.2, 0) is 0 Å². The fourth-order valence-corrected chi connectivity index (χ4v) is 4.41. The van der Waals surface area contributed by atoms with E-state index in [-0.39, 0.29) is 28.8 Å². The number of benzene rings is 2. The molecule has 1 aliphatic rings. The van der Waals surface area contributed by atoms with E-state index in [2.05, 4.69) is 24.1 Å². The maximum absolute atomic E-state index is 13.3. The number of likely N-dealkylation sites (tertiary alicyclic amines) is 1. The number of carbonyl (C=O) groups is 1. The molecule has 4 nitrogen and oxygen atoms in total. The van der Waals surface area contributed by atoms with Crippen molar-refractivity contribution in [3.05, 3.63) is 63.6 Å². The third kappa shape index (κ3) is 4.14. The molecule has 1 atom stereocenters. The summed E-state index contributed by atoms with van der Waals surface area (Å²) in [6.45, 7) is 6.39. The zero-order valence-electron chi connectivity index (χ0n) is 16.5. The molecule has 2 aromatic rings. The SMILES string of the molecule is COc1c(Cl)ccc(Cl)c1C(=O)NC(c1ccccc1)C(C)(C)N1CCCC1. The van der Waals surface area contributed by atoms with Crippen molar-refractivity contribution in [1.82, 2.24) is 10.2 Å². The lowest BCUT2D eigenvalue weighted by atomic mass is 9.86. The summed E-state index contributed by atoms with van der Waals surface area (Å²) in [6.07, 6.45) is 2.35. The van der Waals surface area contributed by atoms with Crippen LogP contribution >= 0.6 is 23.2 Å². The van der Waals surface area contributed by atoms with Gasteiger partial charge in [0.15, 0.2) is 5.75 Å². The van der Waals surface area contributed by atoms with Gasteiger partial charge in [-0.15, -0.1) is 0 Å². The van der Waals surface area contributed by atoms with Crippen LogP contribution in [0.4, 0.5) is 0 Å². The molecule has 0 radical (unpaired) electrons. The number of methoxy groups -OCH3 is 1. The Morgan fingerprint density at radius 1 is 1.07 bits per heavy atom. The second-order valence-electron chi connectivity index (χ2n) is 7.60. The normalized spacial score (nSPS) is 16.0. The number of halogens is 2. The molecule has 0 saturated carbocycles. The number of ether oxygens (including phenoxy) is 1. The average molecular weight is 421 g/mol. The Morgan fingerprint density at radius 3 is 2.29 bits per heavy atom. The van der Waals surface area contributed by atoms with Crippen LogP contribution < -0.4 is 10.1 Å². The highest BCUT2D eigenvalue weighted by Crippen LogP contribution is 2.37. The fraction of sp³-hybridized carbons (Fsp3) is 0.409. The van der Waals surface area contributed by atoms with Crippen molar-refractivity contribution in [2.24, 2.45) is 0 Å².